The van der Waals surface area contributed by atoms with E-state index in [1.165, 1.54) is 25.3 Å². The molecular weight excluding hydrogens is 468 g/mol. The standard InChI is InChI=1S/C18H17BrN2O7S/c1-9(2)17(18(22)27-3)20-29(25,26)10-4-5-11-12-7-13(19)14(21(23)24)8-16(12)28-15(11)6-10/h4-9,17,20H,1-3H3/t17-/m0/s1. The Morgan fingerprint density at radius 1 is 1.21 bits per heavy atom. The fraction of sp³-hybridized carbons (Fsp3) is 0.278. The molecule has 9 nitrogen and oxygen atoms in total. The van der Waals surface area contributed by atoms with Crippen LogP contribution in [0.5, 0.6) is 0 Å². The summed E-state index contributed by atoms with van der Waals surface area (Å²) >= 11 is 3.16. The SMILES string of the molecule is COC(=O)[C@@H](NS(=O)(=O)c1ccc2c(c1)oc1cc([N+](=O)[O-])c(Br)cc12)C(C)C. The molecule has 0 aliphatic carbocycles. The van der Waals surface area contributed by atoms with Gasteiger partial charge in [-0.1, -0.05) is 13.8 Å². The summed E-state index contributed by atoms with van der Waals surface area (Å²) in [5.74, 6) is -1.02. The smallest absolute Gasteiger partial charge is 0.324 e. The van der Waals surface area contributed by atoms with E-state index in [0.29, 0.717) is 10.8 Å². The second-order valence-corrected chi connectivity index (χ2v) is 9.25. The first kappa shape index (κ1) is 21.2. The maximum atomic E-state index is 12.8. The van der Waals surface area contributed by atoms with Crippen molar-refractivity contribution in [3.8, 4) is 0 Å². The molecule has 1 N–H and O–H groups in total. The molecule has 0 fully saturated rings. The maximum absolute atomic E-state index is 12.8. The third-order valence-electron chi connectivity index (χ3n) is 4.42. The van der Waals surface area contributed by atoms with Gasteiger partial charge in [-0.05, 0) is 40.0 Å². The van der Waals surface area contributed by atoms with Crippen LogP contribution in [0.25, 0.3) is 21.9 Å². The molecule has 0 unspecified atom stereocenters. The van der Waals surface area contributed by atoms with Crippen LogP contribution < -0.4 is 4.72 Å². The van der Waals surface area contributed by atoms with Crippen molar-refractivity contribution in [3.63, 3.8) is 0 Å². The molecule has 0 saturated heterocycles. The number of carbonyl (C=O) groups excluding carboxylic acids is 1. The highest BCUT2D eigenvalue weighted by molar-refractivity contribution is 9.10. The first-order chi connectivity index (χ1) is 13.5. The molecule has 0 radical (unpaired) electrons. The van der Waals surface area contributed by atoms with E-state index >= 15 is 0 Å². The molecule has 0 spiro atoms. The Bertz CT molecular complexity index is 1230. The lowest BCUT2D eigenvalue weighted by Crippen LogP contribution is -2.44. The van der Waals surface area contributed by atoms with Crippen LogP contribution in [0.2, 0.25) is 0 Å². The number of rotatable bonds is 6. The van der Waals surface area contributed by atoms with Gasteiger partial charge in [0.15, 0.2) is 0 Å². The van der Waals surface area contributed by atoms with Gasteiger partial charge in [0.25, 0.3) is 5.69 Å². The van der Waals surface area contributed by atoms with E-state index in [4.69, 9.17) is 4.42 Å². The molecule has 11 heteroatoms. The molecule has 2 aromatic carbocycles. The summed E-state index contributed by atoms with van der Waals surface area (Å²) in [6.45, 7) is 3.38. The minimum atomic E-state index is -4.05. The Hall–Kier alpha value is -2.50. The third-order valence-corrected chi connectivity index (χ3v) is 6.50. The second kappa shape index (κ2) is 7.73. The Labute approximate surface area is 174 Å². The largest absolute Gasteiger partial charge is 0.468 e. The number of benzene rings is 2. The fourth-order valence-corrected chi connectivity index (χ4v) is 4.73. The minimum absolute atomic E-state index is 0.104. The number of ether oxygens (including phenoxy) is 1. The number of methoxy groups -OCH3 is 1. The van der Waals surface area contributed by atoms with Crippen molar-refractivity contribution >= 4 is 59.5 Å². The van der Waals surface area contributed by atoms with Crippen LogP contribution in [-0.4, -0.2) is 32.5 Å². The van der Waals surface area contributed by atoms with E-state index in [1.807, 2.05) is 0 Å². The van der Waals surface area contributed by atoms with E-state index in [9.17, 15) is 23.3 Å². The normalized spacial score (nSPS) is 13.1. The number of furan rings is 1. The van der Waals surface area contributed by atoms with E-state index in [2.05, 4.69) is 25.4 Å². The highest BCUT2D eigenvalue weighted by Crippen LogP contribution is 2.36. The Morgan fingerprint density at radius 3 is 2.45 bits per heavy atom. The van der Waals surface area contributed by atoms with Gasteiger partial charge < -0.3 is 9.15 Å². The van der Waals surface area contributed by atoms with Gasteiger partial charge in [-0.2, -0.15) is 4.72 Å². The van der Waals surface area contributed by atoms with Crippen molar-refractivity contribution in [1.29, 1.82) is 0 Å². The average molecular weight is 485 g/mol. The molecule has 0 aliphatic heterocycles. The predicted molar refractivity (Wildman–Crippen MR) is 109 cm³/mol. The van der Waals surface area contributed by atoms with E-state index in [-0.39, 0.29) is 32.1 Å². The summed E-state index contributed by atoms with van der Waals surface area (Å²) in [6, 6.07) is 6.02. The molecule has 1 aromatic heterocycles. The molecule has 0 amide bonds. The number of esters is 1. The molecule has 0 saturated carbocycles. The van der Waals surface area contributed by atoms with Gasteiger partial charge in [0.2, 0.25) is 10.0 Å². The number of hydrogen-bond donors (Lipinski definition) is 1. The number of nitrogens with one attached hydrogen (secondary N) is 1. The number of nitro groups is 1. The lowest BCUT2D eigenvalue weighted by Gasteiger charge is -2.19. The molecule has 1 atom stereocenters. The van der Waals surface area contributed by atoms with Crippen molar-refractivity contribution < 1.29 is 27.3 Å². The monoisotopic (exact) mass is 484 g/mol. The van der Waals surface area contributed by atoms with Gasteiger partial charge in [0.1, 0.15) is 17.2 Å². The predicted octanol–water partition coefficient (Wildman–Crippen LogP) is 3.73. The van der Waals surface area contributed by atoms with Gasteiger partial charge >= 0.3 is 5.97 Å². The molecule has 3 aromatic rings. The van der Waals surface area contributed by atoms with Crippen LogP contribution >= 0.6 is 15.9 Å². The van der Waals surface area contributed by atoms with Crippen molar-refractivity contribution in [1.82, 2.24) is 4.72 Å². The topological polar surface area (TPSA) is 129 Å². The molecule has 29 heavy (non-hydrogen) atoms. The number of sulfonamides is 1. The van der Waals surface area contributed by atoms with Gasteiger partial charge in [-0.15, -0.1) is 0 Å². The molecule has 0 aliphatic rings. The van der Waals surface area contributed by atoms with Gasteiger partial charge in [-0.3, -0.25) is 14.9 Å². The Kier molecular flexibility index (Phi) is 5.65. The van der Waals surface area contributed by atoms with E-state index < -0.39 is 27.0 Å². The van der Waals surface area contributed by atoms with Crippen LogP contribution in [-0.2, 0) is 19.6 Å². The van der Waals surface area contributed by atoms with Gasteiger partial charge in [0.05, 0.1) is 27.5 Å². The fourth-order valence-electron chi connectivity index (χ4n) is 2.89. The number of halogens is 1. The number of fused-ring (bicyclic) bond motifs is 3. The van der Waals surface area contributed by atoms with Crippen LogP contribution in [0.15, 0.2) is 44.1 Å². The van der Waals surface area contributed by atoms with E-state index in [1.54, 1.807) is 26.0 Å². The average Bonchev–Trinajstić information content (AvgIpc) is 3.01. The number of nitrogens with zero attached hydrogens (tertiary/aromatic N) is 1. The summed E-state index contributed by atoms with van der Waals surface area (Å²) in [5, 5.41) is 12.3. The van der Waals surface area contributed by atoms with Crippen molar-refractivity contribution in [3.05, 3.63) is 44.9 Å². The molecule has 1 heterocycles. The van der Waals surface area contributed by atoms with Crippen LogP contribution in [0.4, 0.5) is 5.69 Å². The third kappa shape index (κ3) is 3.98. The van der Waals surface area contributed by atoms with Crippen LogP contribution in [0.1, 0.15) is 13.8 Å². The number of hydrogen-bond acceptors (Lipinski definition) is 7. The summed E-state index contributed by atoms with van der Waals surface area (Å²) in [6.07, 6.45) is 0. The lowest BCUT2D eigenvalue weighted by atomic mass is 10.1. The van der Waals surface area contributed by atoms with E-state index in [0.717, 1.165) is 0 Å². The lowest BCUT2D eigenvalue weighted by molar-refractivity contribution is -0.385. The molecular formula is C18H17BrN2O7S. The minimum Gasteiger partial charge on any atom is -0.468 e. The first-order valence-electron chi connectivity index (χ1n) is 8.45. The van der Waals surface area contributed by atoms with Gasteiger partial charge in [-0.25, -0.2) is 8.42 Å². The Morgan fingerprint density at radius 2 is 1.86 bits per heavy atom. The highest BCUT2D eigenvalue weighted by Gasteiger charge is 2.29. The summed E-state index contributed by atoms with van der Waals surface area (Å²) in [7, 11) is -2.86. The summed E-state index contributed by atoms with van der Waals surface area (Å²) in [5.41, 5.74) is 0.338. The molecule has 0 bridgehead atoms. The van der Waals surface area contributed by atoms with Crippen molar-refractivity contribution in [2.75, 3.05) is 7.11 Å². The number of nitro benzene ring substituents is 1. The van der Waals surface area contributed by atoms with Crippen LogP contribution in [0, 0.1) is 16.0 Å². The maximum Gasteiger partial charge on any atom is 0.324 e. The number of carbonyl (C=O) groups is 1. The van der Waals surface area contributed by atoms with Crippen LogP contribution in [0.3, 0.4) is 0 Å². The summed E-state index contributed by atoms with van der Waals surface area (Å²) < 4.78 is 38.5. The zero-order chi connectivity index (χ0) is 21.5. The second-order valence-electron chi connectivity index (χ2n) is 6.68. The van der Waals surface area contributed by atoms with Gasteiger partial charge in [0, 0.05) is 16.8 Å². The molecule has 3 rings (SSSR count). The zero-order valence-electron chi connectivity index (χ0n) is 15.6. The Balaban J connectivity index is 2.07. The first-order valence-corrected chi connectivity index (χ1v) is 10.7. The highest BCUT2D eigenvalue weighted by atomic mass is 79.9. The quantitative estimate of drug-likeness (QED) is 0.320. The molecule has 154 valence electrons. The van der Waals surface area contributed by atoms with Crippen molar-refractivity contribution in [2.45, 2.75) is 24.8 Å². The van der Waals surface area contributed by atoms with Crippen molar-refractivity contribution in [2.24, 2.45) is 5.92 Å². The summed E-state index contributed by atoms with van der Waals surface area (Å²) in [4.78, 5) is 22.3. The zero-order valence-corrected chi connectivity index (χ0v) is 18.0.